The molecule has 1 aliphatic rings. The monoisotopic (exact) mass is 533 g/mol. The Balaban J connectivity index is 1.37. The van der Waals surface area contributed by atoms with Crippen LogP contribution in [0.15, 0.2) is 66.7 Å². The third-order valence-electron chi connectivity index (χ3n) is 6.93. The molecule has 3 aromatic carbocycles. The second-order valence-corrected chi connectivity index (χ2v) is 9.47. The predicted molar refractivity (Wildman–Crippen MR) is 138 cm³/mol. The molecular formula is C29H23F4N5O. The molecule has 1 amide bonds. The zero-order valence-electron chi connectivity index (χ0n) is 20.9. The van der Waals surface area contributed by atoms with Crippen molar-refractivity contribution in [2.75, 3.05) is 24.5 Å². The summed E-state index contributed by atoms with van der Waals surface area (Å²) in [5.41, 5.74) is 0.667. The van der Waals surface area contributed by atoms with Gasteiger partial charge in [-0.2, -0.15) is 18.4 Å². The zero-order valence-corrected chi connectivity index (χ0v) is 20.9. The highest BCUT2D eigenvalue weighted by Crippen LogP contribution is 2.34. The number of nitriles is 1. The fourth-order valence-corrected chi connectivity index (χ4v) is 4.96. The minimum Gasteiger partial charge on any atom is -0.348 e. The molecule has 0 spiro atoms. The van der Waals surface area contributed by atoms with Gasteiger partial charge in [-0.05, 0) is 36.8 Å². The van der Waals surface area contributed by atoms with Crippen molar-refractivity contribution >= 4 is 22.5 Å². The van der Waals surface area contributed by atoms with Crippen molar-refractivity contribution in [3.8, 4) is 17.3 Å². The number of nitrogens with zero attached hydrogens (tertiary/aromatic N) is 5. The molecule has 6 nitrogen and oxygen atoms in total. The quantitative estimate of drug-likeness (QED) is 0.319. The van der Waals surface area contributed by atoms with Gasteiger partial charge in [0.25, 0.3) is 0 Å². The lowest BCUT2D eigenvalue weighted by Gasteiger charge is -2.41. The van der Waals surface area contributed by atoms with Gasteiger partial charge in [0.1, 0.15) is 11.5 Å². The molecule has 0 radical (unpaired) electrons. The number of benzene rings is 3. The average molecular weight is 534 g/mol. The van der Waals surface area contributed by atoms with E-state index in [1.165, 1.54) is 4.90 Å². The minimum absolute atomic E-state index is 0.184. The van der Waals surface area contributed by atoms with Crippen LogP contribution in [0.25, 0.3) is 22.0 Å². The molecule has 0 bridgehead atoms. The van der Waals surface area contributed by atoms with E-state index >= 15 is 0 Å². The van der Waals surface area contributed by atoms with Gasteiger partial charge < -0.3 is 9.80 Å². The van der Waals surface area contributed by atoms with Crippen LogP contribution >= 0.6 is 0 Å². The summed E-state index contributed by atoms with van der Waals surface area (Å²) in [6, 6.07) is 19.1. The number of aromatic nitrogens is 2. The minimum atomic E-state index is -4.76. The van der Waals surface area contributed by atoms with Gasteiger partial charge in [-0.1, -0.05) is 42.5 Å². The van der Waals surface area contributed by atoms with Crippen molar-refractivity contribution in [1.82, 2.24) is 15.1 Å². The first-order chi connectivity index (χ1) is 18.7. The first kappa shape index (κ1) is 26.1. The molecule has 4 aromatic rings. The normalized spacial score (nSPS) is 15.8. The van der Waals surface area contributed by atoms with Gasteiger partial charge in [-0.25, -0.2) is 4.39 Å². The summed E-state index contributed by atoms with van der Waals surface area (Å²) >= 11 is 0. The maximum absolute atomic E-state index is 13.5. The summed E-state index contributed by atoms with van der Waals surface area (Å²) in [7, 11) is 0. The molecule has 0 saturated carbocycles. The Hall–Kier alpha value is -4.52. The van der Waals surface area contributed by atoms with Crippen molar-refractivity contribution in [2.24, 2.45) is 0 Å². The van der Waals surface area contributed by atoms with Gasteiger partial charge in [-0.15, -0.1) is 10.2 Å². The van der Waals surface area contributed by atoms with Crippen LogP contribution in [0.5, 0.6) is 0 Å². The van der Waals surface area contributed by atoms with Crippen LogP contribution in [0.3, 0.4) is 0 Å². The van der Waals surface area contributed by atoms with Crippen LogP contribution in [0.4, 0.5) is 23.4 Å². The summed E-state index contributed by atoms with van der Waals surface area (Å²) in [6.07, 6.45) is -5.22. The molecule has 1 atom stereocenters. The maximum Gasteiger partial charge on any atom is 0.416 e. The van der Waals surface area contributed by atoms with Gasteiger partial charge in [0.15, 0.2) is 5.82 Å². The lowest BCUT2D eigenvalue weighted by molar-refractivity contribution is -0.139. The first-order valence-electron chi connectivity index (χ1n) is 12.3. The summed E-state index contributed by atoms with van der Waals surface area (Å²) in [6.45, 7) is 2.91. The lowest BCUT2D eigenvalue weighted by Crippen LogP contribution is -2.54. The Morgan fingerprint density at radius 3 is 2.41 bits per heavy atom. The average Bonchev–Trinajstić information content (AvgIpc) is 2.93. The van der Waals surface area contributed by atoms with Crippen LogP contribution in [0.1, 0.15) is 23.6 Å². The smallest absolute Gasteiger partial charge is 0.348 e. The fraction of sp³-hybridized carbons (Fsp3) is 0.241. The molecule has 0 unspecified atom stereocenters. The van der Waals surface area contributed by atoms with Gasteiger partial charge in [0, 0.05) is 42.0 Å². The van der Waals surface area contributed by atoms with E-state index in [4.69, 9.17) is 5.26 Å². The summed E-state index contributed by atoms with van der Waals surface area (Å²) in [4.78, 5) is 16.6. The molecular weight excluding hydrogens is 510 g/mol. The number of halogens is 4. The van der Waals surface area contributed by atoms with E-state index in [0.717, 1.165) is 28.5 Å². The molecule has 0 N–H and O–H groups in total. The third kappa shape index (κ3) is 5.25. The summed E-state index contributed by atoms with van der Waals surface area (Å²) in [5.74, 6) is -0.800. The van der Waals surface area contributed by atoms with E-state index in [0.29, 0.717) is 36.2 Å². The number of hydrogen-bond acceptors (Lipinski definition) is 5. The van der Waals surface area contributed by atoms with Crippen molar-refractivity contribution in [2.45, 2.75) is 25.6 Å². The topological polar surface area (TPSA) is 73.1 Å². The Morgan fingerprint density at radius 1 is 1.03 bits per heavy atom. The largest absolute Gasteiger partial charge is 0.416 e. The SMILES string of the molecule is C[C@H]1CN(C(=O)Cc2ccc(F)cc2C(F)(F)F)CCN1c1nnc(-c2ccc(C#N)cc2)c2ccccc12. The number of carbonyl (C=O) groups is 1. The Bertz CT molecular complexity index is 1580. The van der Waals surface area contributed by atoms with Gasteiger partial charge >= 0.3 is 6.18 Å². The second kappa shape index (κ2) is 10.3. The Labute approximate surface area is 222 Å². The molecule has 1 saturated heterocycles. The number of amides is 1. The molecule has 10 heteroatoms. The molecule has 5 rings (SSSR count). The molecule has 1 aromatic heterocycles. The van der Waals surface area contributed by atoms with Crippen LogP contribution in [-0.4, -0.2) is 46.7 Å². The zero-order chi connectivity index (χ0) is 27.7. The predicted octanol–water partition coefficient (Wildman–Crippen LogP) is 5.61. The van der Waals surface area contributed by atoms with Gasteiger partial charge in [0.05, 0.1) is 23.6 Å². The number of alkyl halides is 3. The van der Waals surface area contributed by atoms with E-state index < -0.39 is 29.9 Å². The van der Waals surface area contributed by atoms with Crippen LogP contribution in [-0.2, 0) is 17.4 Å². The van der Waals surface area contributed by atoms with Crippen molar-refractivity contribution in [3.63, 3.8) is 0 Å². The van der Waals surface area contributed by atoms with Crippen molar-refractivity contribution in [1.29, 1.82) is 5.26 Å². The summed E-state index contributed by atoms with van der Waals surface area (Å²) in [5, 5.41) is 19.9. The number of rotatable bonds is 4. The number of fused-ring (bicyclic) bond motifs is 1. The van der Waals surface area contributed by atoms with Crippen molar-refractivity contribution in [3.05, 3.63) is 89.2 Å². The fourth-order valence-electron chi connectivity index (χ4n) is 4.96. The van der Waals surface area contributed by atoms with Crippen LogP contribution < -0.4 is 4.90 Å². The van der Waals surface area contributed by atoms with E-state index in [1.807, 2.05) is 48.2 Å². The number of carbonyl (C=O) groups excluding carboxylic acids is 1. The molecule has 1 aliphatic heterocycles. The highest BCUT2D eigenvalue weighted by atomic mass is 19.4. The lowest BCUT2D eigenvalue weighted by atomic mass is 10.0. The summed E-state index contributed by atoms with van der Waals surface area (Å²) < 4.78 is 53.7. The molecule has 1 fully saturated rings. The standard InChI is InChI=1S/C29H23F4N5O/c1-18-17-37(26(39)14-21-10-11-22(30)15-25(21)29(31,32)33)12-13-38(18)28-24-5-3-2-4-23(24)27(35-36-28)20-8-6-19(16-34)7-9-20/h2-11,15,18H,12-14,17H2,1H3/t18-/m0/s1. The molecule has 0 aliphatic carbocycles. The van der Waals surface area contributed by atoms with Crippen LogP contribution in [0.2, 0.25) is 0 Å². The highest BCUT2D eigenvalue weighted by Gasteiger charge is 2.35. The second-order valence-electron chi connectivity index (χ2n) is 9.47. The third-order valence-corrected chi connectivity index (χ3v) is 6.93. The number of piperazine rings is 1. The highest BCUT2D eigenvalue weighted by molar-refractivity contribution is 6.00. The van der Waals surface area contributed by atoms with E-state index in [2.05, 4.69) is 16.3 Å². The number of anilines is 1. The first-order valence-corrected chi connectivity index (χ1v) is 12.3. The maximum atomic E-state index is 13.5. The Kier molecular flexibility index (Phi) is 6.91. The van der Waals surface area contributed by atoms with Gasteiger partial charge in [-0.3, -0.25) is 4.79 Å². The molecule has 39 heavy (non-hydrogen) atoms. The van der Waals surface area contributed by atoms with E-state index in [1.54, 1.807) is 12.1 Å². The van der Waals surface area contributed by atoms with Gasteiger partial charge in [0.2, 0.25) is 5.91 Å². The Morgan fingerprint density at radius 2 is 1.74 bits per heavy atom. The van der Waals surface area contributed by atoms with Crippen molar-refractivity contribution < 1.29 is 22.4 Å². The van der Waals surface area contributed by atoms with E-state index in [-0.39, 0.29) is 18.2 Å². The van der Waals surface area contributed by atoms with Crippen LogP contribution in [0, 0.1) is 17.1 Å². The van der Waals surface area contributed by atoms with E-state index in [9.17, 15) is 22.4 Å². The number of hydrogen-bond donors (Lipinski definition) is 0. The molecule has 2 heterocycles. The molecule has 198 valence electrons.